The van der Waals surface area contributed by atoms with Gasteiger partial charge in [-0.05, 0) is 44.5 Å². The fourth-order valence-electron chi connectivity index (χ4n) is 2.39. The van der Waals surface area contributed by atoms with Crippen LogP contribution in [0.15, 0.2) is 24.3 Å². The molecule has 0 bridgehead atoms. The maximum atomic E-state index is 12.1. The number of ether oxygens (including phenoxy) is 2. The van der Waals surface area contributed by atoms with E-state index in [0.29, 0.717) is 19.8 Å². The fourth-order valence-corrected chi connectivity index (χ4v) is 2.39. The van der Waals surface area contributed by atoms with Gasteiger partial charge in [-0.25, -0.2) is 0 Å². The standard InChI is InChI=1S/C17H26N2O3/c1-13(2)22-9-8-21-12-14-4-3-5-16(10-14)19-17(20)15-6-7-18-11-15/h3-5,10,13,15,18H,6-9,11-12H2,1-2H3,(H,19,20). The minimum Gasteiger partial charge on any atom is -0.376 e. The van der Waals surface area contributed by atoms with E-state index >= 15 is 0 Å². The van der Waals surface area contributed by atoms with Gasteiger partial charge in [0, 0.05) is 12.2 Å². The first-order valence-corrected chi connectivity index (χ1v) is 7.95. The second-order valence-electron chi connectivity index (χ2n) is 5.85. The van der Waals surface area contributed by atoms with Crippen LogP contribution < -0.4 is 10.6 Å². The summed E-state index contributed by atoms with van der Waals surface area (Å²) in [5.41, 5.74) is 1.88. The van der Waals surface area contributed by atoms with E-state index in [2.05, 4.69) is 10.6 Å². The molecule has 1 heterocycles. The summed E-state index contributed by atoms with van der Waals surface area (Å²) in [4.78, 5) is 12.1. The number of hydrogen-bond donors (Lipinski definition) is 2. The number of benzene rings is 1. The molecule has 0 aromatic heterocycles. The summed E-state index contributed by atoms with van der Waals surface area (Å²) in [5, 5.41) is 6.19. The van der Waals surface area contributed by atoms with Gasteiger partial charge in [-0.2, -0.15) is 0 Å². The molecular weight excluding hydrogens is 280 g/mol. The lowest BCUT2D eigenvalue weighted by Crippen LogP contribution is -2.24. The topological polar surface area (TPSA) is 59.6 Å². The van der Waals surface area contributed by atoms with Gasteiger partial charge in [0.25, 0.3) is 0 Å². The quantitative estimate of drug-likeness (QED) is 0.723. The van der Waals surface area contributed by atoms with E-state index in [0.717, 1.165) is 30.8 Å². The van der Waals surface area contributed by atoms with Gasteiger partial charge in [0.1, 0.15) is 0 Å². The average Bonchev–Trinajstić information content (AvgIpc) is 3.01. The van der Waals surface area contributed by atoms with Crippen LogP contribution in [0.4, 0.5) is 5.69 Å². The monoisotopic (exact) mass is 306 g/mol. The lowest BCUT2D eigenvalue weighted by molar-refractivity contribution is -0.119. The minimum absolute atomic E-state index is 0.0769. The van der Waals surface area contributed by atoms with Crippen LogP contribution in [0.1, 0.15) is 25.8 Å². The third-order valence-electron chi connectivity index (χ3n) is 3.57. The number of carbonyl (C=O) groups excluding carboxylic acids is 1. The SMILES string of the molecule is CC(C)OCCOCc1cccc(NC(=O)C2CCNC2)c1. The van der Waals surface area contributed by atoms with Crippen molar-refractivity contribution < 1.29 is 14.3 Å². The molecule has 1 aromatic rings. The lowest BCUT2D eigenvalue weighted by Gasteiger charge is -2.11. The number of carbonyl (C=O) groups is 1. The van der Waals surface area contributed by atoms with Gasteiger partial charge in [0.05, 0.1) is 31.8 Å². The molecule has 0 spiro atoms. The molecule has 22 heavy (non-hydrogen) atoms. The first-order chi connectivity index (χ1) is 10.6. The van der Waals surface area contributed by atoms with Gasteiger partial charge in [-0.1, -0.05) is 12.1 Å². The Morgan fingerprint density at radius 1 is 1.41 bits per heavy atom. The molecule has 1 saturated heterocycles. The van der Waals surface area contributed by atoms with Gasteiger partial charge in [0.15, 0.2) is 0 Å². The second kappa shape index (κ2) is 8.88. The molecule has 2 N–H and O–H groups in total. The van der Waals surface area contributed by atoms with Crippen molar-refractivity contribution >= 4 is 11.6 Å². The summed E-state index contributed by atoms with van der Waals surface area (Å²) in [7, 11) is 0. The van der Waals surface area contributed by atoms with E-state index in [-0.39, 0.29) is 17.9 Å². The summed E-state index contributed by atoms with van der Waals surface area (Å²) in [5.74, 6) is 0.168. The van der Waals surface area contributed by atoms with Gasteiger partial charge < -0.3 is 20.1 Å². The Balaban J connectivity index is 1.75. The van der Waals surface area contributed by atoms with E-state index in [1.54, 1.807) is 0 Å². The highest BCUT2D eigenvalue weighted by molar-refractivity contribution is 5.92. The van der Waals surface area contributed by atoms with E-state index in [4.69, 9.17) is 9.47 Å². The predicted octanol–water partition coefficient (Wildman–Crippen LogP) is 2.18. The molecule has 5 heteroatoms. The third-order valence-corrected chi connectivity index (χ3v) is 3.57. The molecule has 1 aliphatic rings. The van der Waals surface area contributed by atoms with E-state index in [9.17, 15) is 4.79 Å². The van der Waals surface area contributed by atoms with Gasteiger partial charge in [-0.15, -0.1) is 0 Å². The number of amides is 1. The van der Waals surface area contributed by atoms with E-state index in [1.807, 2.05) is 38.1 Å². The molecular formula is C17H26N2O3. The van der Waals surface area contributed by atoms with Crippen molar-refractivity contribution in [2.75, 3.05) is 31.6 Å². The number of nitrogens with one attached hydrogen (secondary N) is 2. The van der Waals surface area contributed by atoms with Crippen LogP contribution in [-0.4, -0.2) is 38.3 Å². The van der Waals surface area contributed by atoms with Crippen LogP contribution in [0.5, 0.6) is 0 Å². The second-order valence-corrected chi connectivity index (χ2v) is 5.85. The van der Waals surface area contributed by atoms with Crippen LogP contribution in [-0.2, 0) is 20.9 Å². The Kier molecular flexibility index (Phi) is 6.83. The number of anilines is 1. The largest absolute Gasteiger partial charge is 0.376 e. The van der Waals surface area contributed by atoms with E-state index in [1.165, 1.54) is 0 Å². The van der Waals surface area contributed by atoms with Crippen molar-refractivity contribution in [2.45, 2.75) is 33.0 Å². The van der Waals surface area contributed by atoms with Crippen molar-refractivity contribution in [3.63, 3.8) is 0 Å². The highest BCUT2D eigenvalue weighted by Crippen LogP contribution is 2.15. The van der Waals surface area contributed by atoms with E-state index < -0.39 is 0 Å². The molecule has 1 atom stereocenters. The van der Waals surface area contributed by atoms with Crippen molar-refractivity contribution in [1.82, 2.24) is 5.32 Å². The highest BCUT2D eigenvalue weighted by atomic mass is 16.5. The Hall–Kier alpha value is -1.43. The van der Waals surface area contributed by atoms with Gasteiger partial charge >= 0.3 is 0 Å². The van der Waals surface area contributed by atoms with Crippen molar-refractivity contribution in [2.24, 2.45) is 5.92 Å². The Morgan fingerprint density at radius 2 is 2.27 bits per heavy atom. The smallest absolute Gasteiger partial charge is 0.228 e. The van der Waals surface area contributed by atoms with Crippen LogP contribution in [0.25, 0.3) is 0 Å². The molecule has 1 unspecified atom stereocenters. The molecule has 0 aliphatic carbocycles. The maximum Gasteiger partial charge on any atom is 0.228 e. The molecule has 1 amide bonds. The zero-order chi connectivity index (χ0) is 15.8. The Bertz CT molecular complexity index is 471. The molecule has 0 radical (unpaired) electrons. The summed E-state index contributed by atoms with van der Waals surface area (Å²) in [6.07, 6.45) is 1.14. The Labute approximate surface area is 132 Å². The lowest BCUT2D eigenvalue weighted by atomic mass is 10.1. The third kappa shape index (κ3) is 5.75. The molecule has 1 aromatic carbocycles. The summed E-state index contributed by atoms with van der Waals surface area (Å²) in [6, 6.07) is 7.80. The van der Waals surface area contributed by atoms with Gasteiger partial charge in [-0.3, -0.25) is 4.79 Å². The molecule has 1 aliphatic heterocycles. The predicted molar refractivity (Wildman–Crippen MR) is 86.8 cm³/mol. The van der Waals surface area contributed by atoms with Crippen molar-refractivity contribution in [3.8, 4) is 0 Å². The van der Waals surface area contributed by atoms with Crippen molar-refractivity contribution in [1.29, 1.82) is 0 Å². The average molecular weight is 306 g/mol. The number of rotatable bonds is 8. The Morgan fingerprint density at radius 3 is 3.00 bits per heavy atom. The van der Waals surface area contributed by atoms with Crippen LogP contribution in [0.2, 0.25) is 0 Å². The minimum atomic E-state index is 0.0769. The molecule has 122 valence electrons. The normalized spacial score (nSPS) is 17.9. The maximum absolute atomic E-state index is 12.1. The zero-order valence-electron chi connectivity index (χ0n) is 13.4. The first-order valence-electron chi connectivity index (χ1n) is 7.95. The molecule has 0 saturated carbocycles. The fraction of sp³-hybridized carbons (Fsp3) is 0.588. The summed E-state index contributed by atoms with van der Waals surface area (Å²) in [6.45, 7) is 7.40. The molecule has 5 nitrogen and oxygen atoms in total. The zero-order valence-corrected chi connectivity index (χ0v) is 13.4. The van der Waals surface area contributed by atoms with Crippen LogP contribution >= 0.6 is 0 Å². The van der Waals surface area contributed by atoms with Gasteiger partial charge in [0.2, 0.25) is 5.91 Å². The molecule has 2 rings (SSSR count). The van der Waals surface area contributed by atoms with Crippen LogP contribution in [0.3, 0.4) is 0 Å². The summed E-state index contributed by atoms with van der Waals surface area (Å²) >= 11 is 0. The summed E-state index contributed by atoms with van der Waals surface area (Å²) < 4.78 is 11.0. The highest BCUT2D eigenvalue weighted by Gasteiger charge is 2.22. The molecule has 1 fully saturated rings. The van der Waals surface area contributed by atoms with Crippen molar-refractivity contribution in [3.05, 3.63) is 29.8 Å². The first kappa shape index (κ1) is 16.9. The number of hydrogen-bond acceptors (Lipinski definition) is 4. The van der Waals surface area contributed by atoms with Crippen LogP contribution in [0, 0.1) is 5.92 Å².